The Morgan fingerprint density at radius 3 is 2.77 bits per heavy atom. The molecule has 0 atom stereocenters. The van der Waals surface area contributed by atoms with Crippen LogP contribution in [0.3, 0.4) is 0 Å². The van der Waals surface area contributed by atoms with E-state index in [9.17, 15) is 4.79 Å². The second kappa shape index (κ2) is 3.31. The minimum Gasteiger partial charge on any atom is -0.454 e. The van der Waals surface area contributed by atoms with Gasteiger partial charge in [-0.2, -0.15) is 0 Å². The third-order valence-corrected chi connectivity index (χ3v) is 3.84. The number of ether oxygens (including phenoxy) is 2. The zero-order valence-corrected chi connectivity index (χ0v) is 9.51. The molecule has 5 heteroatoms. The van der Waals surface area contributed by atoms with E-state index >= 15 is 0 Å². The highest BCUT2D eigenvalue weighted by atomic mass is 79.9. The lowest BCUT2D eigenvalue weighted by atomic mass is 10.2. The highest BCUT2D eigenvalue weighted by Gasteiger charge is 2.21. The van der Waals surface area contributed by atoms with Gasteiger partial charge in [-0.05, 0) is 37.9 Å². The van der Waals surface area contributed by atoms with Gasteiger partial charge in [0.1, 0.15) is 0 Å². The van der Waals surface area contributed by atoms with Crippen molar-refractivity contribution in [3.05, 3.63) is 20.6 Å². The van der Waals surface area contributed by atoms with Gasteiger partial charge >= 0.3 is 0 Å². The van der Waals surface area contributed by atoms with Gasteiger partial charge in [-0.15, -0.1) is 0 Å². The molecule has 0 saturated heterocycles. The smallest absolute Gasteiger partial charge is 0.231 e. The van der Waals surface area contributed by atoms with Crippen molar-refractivity contribution >= 4 is 38.1 Å². The standard InChI is InChI=1S/C8H4Br2O3/c9-6-4(2-11)1-5-8(7(6)10)13-3-12-5/h1-2H,3H2. The average Bonchev–Trinajstić information content (AvgIpc) is 2.59. The van der Waals surface area contributed by atoms with Crippen molar-refractivity contribution in [1.29, 1.82) is 0 Å². The van der Waals surface area contributed by atoms with Crippen LogP contribution in [-0.4, -0.2) is 13.1 Å². The minimum atomic E-state index is 0.197. The molecule has 1 aliphatic heterocycles. The fourth-order valence-electron chi connectivity index (χ4n) is 1.08. The summed E-state index contributed by atoms with van der Waals surface area (Å²) in [4.78, 5) is 10.6. The van der Waals surface area contributed by atoms with E-state index in [2.05, 4.69) is 31.9 Å². The summed E-state index contributed by atoms with van der Waals surface area (Å²) in [6.07, 6.45) is 0.761. The normalized spacial score (nSPS) is 13.1. The van der Waals surface area contributed by atoms with Gasteiger partial charge in [-0.3, -0.25) is 4.79 Å². The largest absolute Gasteiger partial charge is 0.454 e. The summed E-state index contributed by atoms with van der Waals surface area (Å²) in [5.74, 6) is 1.23. The molecule has 0 fully saturated rings. The number of halogens is 2. The van der Waals surface area contributed by atoms with Gasteiger partial charge in [-0.25, -0.2) is 0 Å². The number of hydrogen-bond donors (Lipinski definition) is 0. The first kappa shape index (κ1) is 9.02. The van der Waals surface area contributed by atoms with Crippen molar-refractivity contribution in [3.63, 3.8) is 0 Å². The Kier molecular flexibility index (Phi) is 2.29. The van der Waals surface area contributed by atoms with Gasteiger partial charge in [0.25, 0.3) is 0 Å². The lowest BCUT2D eigenvalue weighted by Gasteiger charge is -2.03. The first-order valence-corrected chi connectivity index (χ1v) is 5.05. The van der Waals surface area contributed by atoms with Crippen LogP contribution in [0, 0.1) is 0 Å². The Morgan fingerprint density at radius 1 is 1.31 bits per heavy atom. The van der Waals surface area contributed by atoms with Crippen LogP contribution in [0.1, 0.15) is 10.4 Å². The number of carbonyl (C=O) groups is 1. The van der Waals surface area contributed by atoms with E-state index < -0.39 is 0 Å². The second-order valence-corrected chi connectivity index (χ2v) is 4.03. The summed E-state index contributed by atoms with van der Waals surface area (Å²) >= 11 is 6.59. The Hall–Kier alpha value is -0.550. The lowest BCUT2D eigenvalue weighted by molar-refractivity contribution is 0.112. The van der Waals surface area contributed by atoms with Gasteiger partial charge in [0.15, 0.2) is 17.8 Å². The average molecular weight is 308 g/mol. The number of benzene rings is 1. The summed E-state index contributed by atoms with van der Waals surface area (Å²) in [5.41, 5.74) is 0.538. The van der Waals surface area contributed by atoms with E-state index in [4.69, 9.17) is 9.47 Å². The SMILES string of the molecule is O=Cc1cc2c(c(Br)c1Br)OCO2. The van der Waals surface area contributed by atoms with E-state index in [1.807, 2.05) is 0 Å². The minimum absolute atomic E-state index is 0.197. The fraction of sp³-hybridized carbons (Fsp3) is 0.125. The van der Waals surface area contributed by atoms with E-state index in [1.165, 1.54) is 0 Å². The van der Waals surface area contributed by atoms with Crippen molar-refractivity contribution in [3.8, 4) is 11.5 Å². The zero-order chi connectivity index (χ0) is 9.42. The van der Waals surface area contributed by atoms with Crippen LogP contribution in [0.5, 0.6) is 11.5 Å². The third-order valence-electron chi connectivity index (χ3n) is 1.70. The van der Waals surface area contributed by atoms with E-state index in [1.54, 1.807) is 6.07 Å². The van der Waals surface area contributed by atoms with Gasteiger partial charge < -0.3 is 9.47 Å². The molecule has 0 unspecified atom stereocenters. The molecule has 0 N–H and O–H groups in total. The van der Waals surface area contributed by atoms with Gasteiger partial charge in [-0.1, -0.05) is 0 Å². The Bertz CT molecular complexity index is 376. The molecule has 0 amide bonds. The number of aldehydes is 1. The predicted octanol–water partition coefficient (Wildman–Crippen LogP) is 2.75. The molecular weight excluding hydrogens is 304 g/mol. The summed E-state index contributed by atoms with van der Waals surface area (Å²) in [5, 5.41) is 0. The van der Waals surface area contributed by atoms with Crippen molar-refractivity contribution in [2.75, 3.05) is 6.79 Å². The fourth-order valence-corrected chi connectivity index (χ4v) is 2.01. The summed E-state index contributed by atoms with van der Waals surface area (Å²) < 4.78 is 11.7. The summed E-state index contributed by atoms with van der Waals surface area (Å²) in [6.45, 7) is 0.197. The quantitative estimate of drug-likeness (QED) is 0.748. The van der Waals surface area contributed by atoms with Crippen LogP contribution in [0.2, 0.25) is 0 Å². The Morgan fingerprint density at radius 2 is 2.08 bits per heavy atom. The Balaban J connectivity index is 2.68. The summed E-state index contributed by atoms with van der Waals surface area (Å²) in [7, 11) is 0. The molecule has 1 aliphatic rings. The van der Waals surface area contributed by atoms with E-state index in [0.717, 1.165) is 6.29 Å². The van der Waals surface area contributed by atoms with Gasteiger partial charge in [0.05, 0.1) is 4.47 Å². The molecule has 0 aliphatic carbocycles. The maximum atomic E-state index is 10.6. The van der Waals surface area contributed by atoms with Crippen LogP contribution in [0.25, 0.3) is 0 Å². The van der Waals surface area contributed by atoms with Gasteiger partial charge in [0.2, 0.25) is 6.79 Å². The van der Waals surface area contributed by atoms with Gasteiger partial charge in [0, 0.05) is 10.0 Å². The molecule has 1 aromatic carbocycles. The van der Waals surface area contributed by atoms with Crippen LogP contribution in [0.4, 0.5) is 0 Å². The van der Waals surface area contributed by atoms with Crippen LogP contribution < -0.4 is 9.47 Å². The van der Waals surface area contributed by atoms with E-state index in [-0.39, 0.29) is 6.79 Å². The van der Waals surface area contributed by atoms with Crippen molar-refractivity contribution in [2.45, 2.75) is 0 Å². The molecule has 1 aromatic rings. The maximum Gasteiger partial charge on any atom is 0.231 e. The van der Waals surface area contributed by atoms with Crippen LogP contribution >= 0.6 is 31.9 Å². The second-order valence-electron chi connectivity index (χ2n) is 2.45. The Labute approximate surface area is 91.3 Å². The van der Waals surface area contributed by atoms with Crippen molar-refractivity contribution < 1.29 is 14.3 Å². The molecule has 13 heavy (non-hydrogen) atoms. The highest BCUT2D eigenvalue weighted by molar-refractivity contribution is 9.13. The first-order valence-electron chi connectivity index (χ1n) is 3.47. The number of hydrogen-bond acceptors (Lipinski definition) is 3. The molecule has 1 heterocycles. The molecule has 2 rings (SSSR count). The molecule has 0 radical (unpaired) electrons. The monoisotopic (exact) mass is 306 g/mol. The van der Waals surface area contributed by atoms with Crippen molar-refractivity contribution in [2.24, 2.45) is 0 Å². The molecule has 68 valence electrons. The lowest BCUT2D eigenvalue weighted by Crippen LogP contribution is -1.93. The highest BCUT2D eigenvalue weighted by Crippen LogP contribution is 2.44. The van der Waals surface area contributed by atoms with E-state index in [0.29, 0.717) is 26.0 Å². The van der Waals surface area contributed by atoms with Crippen LogP contribution in [0.15, 0.2) is 15.0 Å². The molecule has 3 nitrogen and oxygen atoms in total. The summed E-state index contributed by atoms with van der Waals surface area (Å²) in [6, 6.07) is 1.64. The predicted molar refractivity (Wildman–Crippen MR) is 53.4 cm³/mol. The molecule has 0 bridgehead atoms. The molecule has 0 spiro atoms. The molecule has 0 saturated carbocycles. The van der Waals surface area contributed by atoms with Crippen molar-refractivity contribution in [1.82, 2.24) is 0 Å². The topological polar surface area (TPSA) is 35.5 Å². The first-order chi connectivity index (χ1) is 6.24. The number of fused-ring (bicyclic) bond motifs is 1. The third kappa shape index (κ3) is 1.36. The maximum absolute atomic E-state index is 10.6. The van der Waals surface area contributed by atoms with Crippen LogP contribution in [-0.2, 0) is 0 Å². The molecular formula is C8H4Br2O3. The number of rotatable bonds is 1. The molecule has 0 aromatic heterocycles. The number of carbonyl (C=O) groups excluding carboxylic acids is 1. The zero-order valence-electron chi connectivity index (χ0n) is 6.34.